The van der Waals surface area contributed by atoms with Crippen molar-refractivity contribution in [1.29, 1.82) is 0 Å². The van der Waals surface area contributed by atoms with Crippen LogP contribution in [0.1, 0.15) is 0 Å². The molecule has 0 aromatic carbocycles. The Morgan fingerprint density at radius 1 is 1.55 bits per heavy atom. The van der Waals surface area contributed by atoms with Crippen molar-refractivity contribution in [2.45, 2.75) is 6.04 Å². The summed E-state index contributed by atoms with van der Waals surface area (Å²) in [7, 11) is 0. The molecule has 2 aliphatic rings. The Bertz CT molecular complexity index is 185. The molecule has 2 N–H and O–H groups in total. The van der Waals surface area contributed by atoms with Crippen LogP contribution in [-0.4, -0.2) is 35.2 Å². The fraction of sp³-hybridized carbons (Fsp3) is 0.857. The molecule has 0 aromatic rings. The Kier molecular flexibility index (Phi) is 1.81. The van der Waals surface area contributed by atoms with E-state index in [1.807, 2.05) is 11.8 Å². The lowest BCUT2D eigenvalue weighted by Crippen LogP contribution is -2.26. The van der Waals surface area contributed by atoms with Crippen molar-refractivity contribution < 1.29 is 9.90 Å². The minimum atomic E-state index is -0.632. The first-order chi connectivity index (χ1) is 5.29. The van der Waals surface area contributed by atoms with Gasteiger partial charge in [0.25, 0.3) is 0 Å². The fourth-order valence-electron chi connectivity index (χ4n) is 1.88. The molecule has 3 unspecified atom stereocenters. The Morgan fingerprint density at radius 3 is 3.09 bits per heavy atom. The van der Waals surface area contributed by atoms with Gasteiger partial charge in [-0.15, -0.1) is 0 Å². The number of rotatable bonds is 1. The third kappa shape index (κ3) is 1.14. The van der Waals surface area contributed by atoms with E-state index in [-0.39, 0.29) is 5.92 Å². The third-order valence-electron chi connectivity index (χ3n) is 2.56. The number of thioether (sulfide) groups is 1. The summed E-state index contributed by atoms with van der Waals surface area (Å²) >= 11 is 1.86. The normalized spacial score (nSPS) is 42.4. The van der Waals surface area contributed by atoms with Gasteiger partial charge in [0.2, 0.25) is 0 Å². The number of carboxylic acids is 1. The van der Waals surface area contributed by atoms with Crippen LogP contribution in [0.4, 0.5) is 0 Å². The molecule has 0 amide bonds. The molecule has 3 nitrogen and oxygen atoms in total. The van der Waals surface area contributed by atoms with Gasteiger partial charge in [-0.2, -0.15) is 11.8 Å². The Balaban J connectivity index is 2.08. The van der Waals surface area contributed by atoms with Crippen molar-refractivity contribution in [1.82, 2.24) is 5.32 Å². The second kappa shape index (κ2) is 2.68. The van der Waals surface area contributed by atoms with E-state index in [1.165, 1.54) is 0 Å². The highest BCUT2D eigenvalue weighted by molar-refractivity contribution is 7.99. The van der Waals surface area contributed by atoms with Gasteiger partial charge in [-0.05, 0) is 11.7 Å². The van der Waals surface area contributed by atoms with E-state index in [4.69, 9.17) is 5.11 Å². The van der Waals surface area contributed by atoms with Crippen LogP contribution in [0.2, 0.25) is 0 Å². The van der Waals surface area contributed by atoms with Crippen molar-refractivity contribution >= 4 is 17.7 Å². The molecule has 0 aromatic heterocycles. The van der Waals surface area contributed by atoms with Gasteiger partial charge in [-0.3, -0.25) is 4.79 Å². The summed E-state index contributed by atoms with van der Waals surface area (Å²) < 4.78 is 0. The minimum absolute atomic E-state index is 0.130. The molecule has 2 rings (SSSR count). The largest absolute Gasteiger partial charge is 0.481 e. The number of fused-ring (bicyclic) bond motifs is 1. The van der Waals surface area contributed by atoms with E-state index in [0.717, 1.165) is 11.5 Å². The maximum absolute atomic E-state index is 10.7. The topological polar surface area (TPSA) is 49.3 Å². The average Bonchev–Trinajstić information content (AvgIpc) is 2.41. The summed E-state index contributed by atoms with van der Waals surface area (Å²) in [5.74, 6) is 1.74. The van der Waals surface area contributed by atoms with Crippen molar-refractivity contribution in [3.05, 3.63) is 0 Å². The Morgan fingerprint density at radius 2 is 2.36 bits per heavy atom. The summed E-state index contributed by atoms with van der Waals surface area (Å²) in [5.41, 5.74) is 0. The lowest BCUT2D eigenvalue weighted by molar-refractivity contribution is -0.142. The number of hydrogen-bond donors (Lipinski definition) is 2. The lowest BCUT2D eigenvalue weighted by atomic mass is 9.94. The third-order valence-corrected chi connectivity index (χ3v) is 3.77. The van der Waals surface area contributed by atoms with Crippen molar-refractivity contribution in [3.8, 4) is 0 Å². The standard InChI is InChI=1S/C7H11NO2S/c9-7(10)4-1-8-6-3-11-2-5(4)6/h4-6,8H,1-3H2,(H,9,10). The number of hydrogen-bond acceptors (Lipinski definition) is 3. The van der Waals surface area contributed by atoms with Crippen LogP contribution in [0.25, 0.3) is 0 Å². The Labute approximate surface area is 69.5 Å². The first-order valence-electron chi connectivity index (χ1n) is 3.83. The van der Waals surface area contributed by atoms with Gasteiger partial charge in [-0.25, -0.2) is 0 Å². The van der Waals surface area contributed by atoms with E-state index in [0.29, 0.717) is 18.5 Å². The highest BCUT2D eigenvalue weighted by Gasteiger charge is 2.42. The van der Waals surface area contributed by atoms with Crippen LogP contribution in [0, 0.1) is 11.8 Å². The fourth-order valence-corrected chi connectivity index (χ4v) is 3.37. The first kappa shape index (κ1) is 7.43. The van der Waals surface area contributed by atoms with Gasteiger partial charge < -0.3 is 10.4 Å². The summed E-state index contributed by atoms with van der Waals surface area (Å²) in [5, 5.41) is 12.1. The molecule has 2 fully saturated rings. The van der Waals surface area contributed by atoms with Gasteiger partial charge in [-0.1, -0.05) is 0 Å². The molecular formula is C7H11NO2S. The smallest absolute Gasteiger partial charge is 0.308 e. The van der Waals surface area contributed by atoms with Crippen LogP contribution in [0.15, 0.2) is 0 Å². The molecule has 0 aliphatic carbocycles. The van der Waals surface area contributed by atoms with E-state index in [9.17, 15) is 4.79 Å². The van der Waals surface area contributed by atoms with Crippen molar-refractivity contribution in [2.75, 3.05) is 18.1 Å². The highest BCUT2D eigenvalue weighted by Crippen LogP contribution is 2.34. The molecule has 0 saturated carbocycles. The predicted molar refractivity (Wildman–Crippen MR) is 43.7 cm³/mol. The minimum Gasteiger partial charge on any atom is -0.481 e. The molecule has 0 bridgehead atoms. The average molecular weight is 173 g/mol. The second-order valence-corrected chi connectivity index (χ2v) is 4.24. The molecule has 3 atom stereocenters. The molecular weight excluding hydrogens is 162 g/mol. The maximum Gasteiger partial charge on any atom is 0.308 e. The van der Waals surface area contributed by atoms with Crippen LogP contribution in [0.3, 0.4) is 0 Å². The molecule has 0 radical (unpaired) electrons. The van der Waals surface area contributed by atoms with E-state index in [2.05, 4.69) is 5.32 Å². The highest BCUT2D eigenvalue weighted by atomic mass is 32.2. The van der Waals surface area contributed by atoms with E-state index >= 15 is 0 Å². The predicted octanol–water partition coefficient (Wildman–Crippen LogP) is 0.0220. The summed E-state index contributed by atoms with van der Waals surface area (Å²) in [6.07, 6.45) is 0. The molecule has 4 heteroatoms. The maximum atomic E-state index is 10.7. The van der Waals surface area contributed by atoms with Gasteiger partial charge >= 0.3 is 5.97 Å². The second-order valence-electron chi connectivity index (χ2n) is 3.16. The monoisotopic (exact) mass is 173 g/mol. The van der Waals surface area contributed by atoms with Crippen molar-refractivity contribution in [2.24, 2.45) is 11.8 Å². The number of carboxylic acid groups (broad SMARTS) is 1. The van der Waals surface area contributed by atoms with E-state index in [1.54, 1.807) is 0 Å². The molecule has 2 aliphatic heterocycles. The van der Waals surface area contributed by atoms with Crippen LogP contribution >= 0.6 is 11.8 Å². The van der Waals surface area contributed by atoms with Crippen LogP contribution < -0.4 is 5.32 Å². The summed E-state index contributed by atoms with van der Waals surface area (Å²) in [6.45, 7) is 0.672. The van der Waals surface area contributed by atoms with Crippen LogP contribution in [0.5, 0.6) is 0 Å². The van der Waals surface area contributed by atoms with Crippen LogP contribution in [-0.2, 0) is 4.79 Å². The summed E-state index contributed by atoms with van der Waals surface area (Å²) in [6, 6.07) is 0.473. The van der Waals surface area contributed by atoms with Gasteiger partial charge in [0.05, 0.1) is 5.92 Å². The van der Waals surface area contributed by atoms with Gasteiger partial charge in [0.1, 0.15) is 0 Å². The number of aliphatic carboxylic acids is 1. The molecule has 0 spiro atoms. The zero-order valence-electron chi connectivity index (χ0n) is 6.12. The SMILES string of the molecule is O=C(O)C1CNC2CSCC21. The zero-order chi connectivity index (χ0) is 7.84. The van der Waals surface area contributed by atoms with Crippen molar-refractivity contribution in [3.63, 3.8) is 0 Å². The quantitative estimate of drug-likeness (QED) is 0.587. The van der Waals surface area contributed by atoms with Gasteiger partial charge in [0.15, 0.2) is 0 Å². The zero-order valence-corrected chi connectivity index (χ0v) is 6.93. The Hall–Kier alpha value is -0.220. The number of carbonyl (C=O) groups is 1. The van der Waals surface area contributed by atoms with E-state index < -0.39 is 5.97 Å². The van der Waals surface area contributed by atoms with Gasteiger partial charge in [0, 0.05) is 18.3 Å². The first-order valence-corrected chi connectivity index (χ1v) is 4.98. The molecule has 62 valence electrons. The molecule has 2 heterocycles. The lowest BCUT2D eigenvalue weighted by Gasteiger charge is -2.10. The molecule has 2 saturated heterocycles. The summed E-state index contributed by atoms with van der Waals surface area (Å²) in [4.78, 5) is 10.7. The number of nitrogens with one attached hydrogen (secondary N) is 1. The molecule has 11 heavy (non-hydrogen) atoms.